The van der Waals surface area contributed by atoms with Crippen molar-refractivity contribution < 1.29 is 19.4 Å². The normalized spacial score (nSPS) is 17.9. The van der Waals surface area contributed by atoms with Gasteiger partial charge in [-0.3, -0.25) is 9.59 Å². The van der Waals surface area contributed by atoms with Gasteiger partial charge in [0, 0.05) is 0 Å². The molecule has 0 spiro atoms. The Hall–Kier alpha value is -1.40. The summed E-state index contributed by atoms with van der Waals surface area (Å²) in [6.45, 7) is -0.112. The van der Waals surface area contributed by atoms with E-state index in [2.05, 4.69) is 5.32 Å². The number of amides is 1. The number of nitrogens with one attached hydrogen (secondary N) is 1. The van der Waals surface area contributed by atoms with E-state index in [1.54, 1.807) is 17.5 Å². The van der Waals surface area contributed by atoms with Gasteiger partial charge in [-0.1, -0.05) is 0 Å². The molecule has 80 valence electrons. The van der Waals surface area contributed by atoms with E-state index in [-0.39, 0.29) is 13.2 Å². The Labute approximate surface area is 89.7 Å². The van der Waals surface area contributed by atoms with E-state index in [1.807, 2.05) is 0 Å². The number of hydrogen-bond donors (Lipinski definition) is 2. The van der Waals surface area contributed by atoms with Crippen molar-refractivity contribution in [1.29, 1.82) is 0 Å². The third kappa shape index (κ3) is 1.62. The van der Waals surface area contributed by atoms with Crippen molar-refractivity contribution in [3.05, 3.63) is 17.5 Å². The lowest BCUT2D eigenvalue weighted by atomic mass is 9.85. The molecule has 5 nitrogen and oxygen atoms in total. The summed E-state index contributed by atoms with van der Waals surface area (Å²) < 4.78 is 4.80. The molecular weight excluding hydrogens is 218 g/mol. The first-order valence-electron chi connectivity index (χ1n) is 4.31. The van der Waals surface area contributed by atoms with Crippen molar-refractivity contribution in [2.45, 2.75) is 0 Å². The number of rotatable bonds is 3. The highest BCUT2D eigenvalue weighted by molar-refractivity contribution is 7.14. The maximum Gasteiger partial charge on any atom is 0.324 e. The molecule has 0 unspecified atom stereocenters. The number of carboxylic acid groups (broad SMARTS) is 1. The molecule has 6 heteroatoms. The van der Waals surface area contributed by atoms with E-state index in [0.29, 0.717) is 5.00 Å². The third-order valence-electron chi connectivity index (χ3n) is 2.30. The average Bonchev–Trinajstić information content (AvgIpc) is 2.53. The number of anilines is 1. The van der Waals surface area contributed by atoms with Crippen molar-refractivity contribution in [1.82, 2.24) is 0 Å². The van der Waals surface area contributed by atoms with E-state index < -0.39 is 17.3 Å². The highest BCUT2D eigenvalue weighted by Gasteiger charge is 2.53. The minimum absolute atomic E-state index is 0.0560. The van der Waals surface area contributed by atoms with Gasteiger partial charge in [-0.15, -0.1) is 11.3 Å². The number of carbonyl (C=O) groups is 2. The molecule has 2 N–H and O–H groups in total. The van der Waals surface area contributed by atoms with Gasteiger partial charge in [0.1, 0.15) is 0 Å². The first-order valence-corrected chi connectivity index (χ1v) is 5.19. The van der Waals surface area contributed by atoms with Gasteiger partial charge >= 0.3 is 5.97 Å². The molecule has 1 aromatic rings. The van der Waals surface area contributed by atoms with E-state index >= 15 is 0 Å². The molecule has 1 fully saturated rings. The summed E-state index contributed by atoms with van der Waals surface area (Å²) in [4.78, 5) is 22.6. The largest absolute Gasteiger partial charge is 0.480 e. The molecule has 0 radical (unpaired) electrons. The van der Waals surface area contributed by atoms with Crippen LogP contribution in [0.1, 0.15) is 0 Å². The van der Waals surface area contributed by atoms with Gasteiger partial charge in [0.2, 0.25) is 5.91 Å². The second-order valence-corrected chi connectivity index (χ2v) is 4.26. The van der Waals surface area contributed by atoms with Gasteiger partial charge in [0.15, 0.2) is 5.41 Å². The van der Waals surface area contributed by atoms with Crippen LogP contribution in [0.2, 0.25) is 0 Å². The minimum Gasteiger partial charge on any atom is -0.480 e. The van der Waals surface area contributed by atoms with Crippen molar-refractivity contribution in [2.75, 3.05) is 18.5 Å². The van der Waals surface area contributed by atoms with Crippen LogP contribution in [0.15, 0.2) is 17.5 Å². The summed E-state index contributed by atoms with van der Waals surface area (Å²) in [6.07, 6.45) is 0. The lowest BCUT2D eigenvalue weighted by molar-refractivity contribution is -0.182. The molecule has 0 atom stereocenters. The number of carboxylic acids is 1. The monoisotopic (exact) mass is 227 g/mol. The van der Waals surface area contributed by atoms with E-state index in [0.717, 1.165) is 0 Å². The quantitative estimate of drug-likeness (QED) is 0.748. The standard InChI is InChI=1S/C9H9NO4S/c11-7(10-6-2-1-3-15-6)9(8(12)13)4-14-5-9/h1-3H,4-5H2,(H,10,11)(H,12,13). The van der Waals surface area contributed by atoms with Crippen LogP contribution in [0.3, 0.4) is 0 Å². The highest BCUT2D eigenvalue weighted by atomic mass is 32.1. The Kier molecular flexibility index (Phi) is 2.45. The van der Waals surface area contributed by atoms with Gasteiger partial charge < -0.3 is 15.2 Å². The van der Waals surface area contributed by atoms with Gasteiger partial charge in [-0.2, -0.15) is 0 Å². The lowest BCUT2D eigenvalue weighted by Crippen LogP contribution is -2.56. The Bertz CT molecular complexity index is 383. The summed E-state index contributed by atoms with van der Waals surface area (Å²) >= 11 is 1.35. The first-order chi connectivity index (χ1) is 7.15. The molecule has 15 heavy (non-hydrogen) atoms. The fourth-order valence-corrected chi connectivity index (χ4v) is 1.85. The Morgan fingerprint density at radius 3 is 2.67 bits per heavy atom. The molecule has 2 rings (SSSR count). The van der Waals surface area contributed by atoms with Crippen LogP contribution < -0.4 is 5.32 Å². The number of hydrogen-bond acceptors (Lipinski definition) is 4. The van der Waals surface area contributed by atoms with E-state index in [1.165, 1.54) is 11.3 Å². The fourth-order valence-electron chi connectivity index (χ4n) is 1.24. The van der Waals surface area contributed by atoms with E-state index in [9.17, 15) is 9.59 Å². The maximum atomic E-state index is 11.7. The number of carbonyl (C=O) groups excluding carboxylic acids is 1. The molecule has 1 aliphatic rings. The Balaban J connectivity index is 2.10. The molecular formula is C9H9NO4S. The zero-order chi connectivity index (χ0) is 10.9. The molecule has 1 saturated heterocycles. The zero-order valence-corrected chi connectivity index (χ0v) is 8.54. The average molecular weight is 227 g/mol. The second kappa shape index (κ2) is 3.63. The van der Waals surface area contributed by atoms with Crippen molar-refractivity contribution in [2.24, 2.45) is 5.41 Å². The molecule has 2 heterocycles. The van der Waals surface area contributed by atoms with Crippen LogP contribution in [0.25, 0.3) is 0 Å². The number of ether oxygens (including phenoxy) is 1. The molecule has 0 bridgehead atoms. The molecule has 1 aromatic heterocycles. The van der Waals surface area contributed by atoms with Crippen LogP contribution in [-0.2, 0) is 14.3 Å². The van der Waals surface area contributed by atoms with E-state index in [4.69, 9.17) is 9.84 Å². The maximum absolute atomic E-state index is 11.7. The van der Waals surface area contributed by atoms with Crippen LogP contribution in [-0.4, -0.2) is 30.2 Å². The van der Waals surface area contributed by atoms with Crippen LogP contribution in [0.5, 0.6) is 0 Å². The first kappa shape index (κ1) is 10.1. The Morgan fingerprint density at radius 2 is 2.27 bits per heavy atom. The highest BCUT2D eigenvalue weighted by Crippen LogP contribution is 2.30. The SMILES string of the molecule is O=C(O)C1(C(=O)Nc2cccs2)COC1. The van der Waals surface area contributed by atoms with Gasteiger partial charge in [-0.25, -0.2) is 0 Å². The molecule has 0 saturated carbocycles. The van der Waals surface area contributed by atoms with Crippen molar-refractivity contribution >= 4 is 28.2 Å². The summed E-state index contributed by atoms with van der Waals surface area (Å²) in [5.41, 5.74) is -1.40. The third-order valence-corrected chi connectivity index (χ3v) is 3.08. The second-order valence-electron chi connectivity index (χ2n) is 3.31. The summed E-state index contributed by atoms with van der Waals surface area (Å²) in [5.74, 6) is -1.65. The van der Waals surface area contributed by atoms with Crippen LogP contribution >= 0.6 is 11.3 Å². The van der Waals surface area contributed by atoms with Gasteiger partial charge in [0.25, 0.3) is 0 Å². The van der Waals surface area contributed by atoms with Crippen molar-refractivity contribution in [3.8, 4) is 0 Å². The molecule has 1 aliphatic heterocycles. The van der Waals surface area contributed by atoms with Gasteiger partial charge in [-0.05, 0) is 17.5 Å². The number of aliphatic carboxylic acids is 1. The molecule has 0 aromatic carbocycles. The molecule has 1 amide bonds. The summed E-state index contributed by atoms with van der Waals surface area (Å²) in [7, 11) is 0. The minimum atomic E-state index is -1.40. The lowest BCUT2D eigenvalue weighted by Gasteiger charge is -2.35. The summed E-state index contributed by atoms with van der Waals surface area (Å²) in [5, 5.41) is 14.0. The topological polar surface area (TPSA) is 75.6 Å². The zero-order valence-electron chi connectivity index (χ0n) is 7.73. The summed E-state index contributed by atoms with van der Waals surface area (Å²) in [6, 6.07) is 3.50. The van der Waals surface area contributed by atoms with Crippen LogP contribution in [0.4, 0.5) is 5.00 Å². The predicted molar refractivity (Wildman–Crippen MR) is 53.8 cm³/mol. The fraction of sp³-hybridized carbons (Fsp3) is 0.333. The number of thiophene rings is 1. The Morgan fingerprint density at radius 1 is 1.53 bits per heavy atom. The van der Waals surface area contributed by atoms with Gasteiger partial charge in [0.05, 0.1) is 18.2 Å². The molecule has 0 aliphatic carbocycles. The smallest absolute Gasteiger partial charge is 0.324 e. The van der Waals surface area contributed by atoms with Crippen LogP contribution in [0, 0.1) is 5.41 Å². The van der Waals surface area contributed by atoms with Crippen molar-refractivity contribution in [3.63, 3.8) is 0 Å². The predicted octanol–water partition coefficient (Wildman–Crippen LogP) is 0.788.